The molecule has 0 saturated carbocycles. The molecule has 6 heteroatoms. The number of anilines is 1. The van der Waals surface area contributed by atoms with Crippen LogP contribution in [-0.2, 0) is 11.0 Å². The Kier molecular flexibility index (Phi) is 2.11. The first-order chi connectivity index (χ1) is 6.52. The minimum absolute atomic E-state index is 0.0563. The standard InChI is InChI=1S/C8H10N2O2S2/c1-4-7(11)6-8(10(3)14(4)12)13-5(2)9-6/h11H,1-3H3. The first-order valence-corrected chi connectivity index (χ1v) is 5.98. The van der Waals surface area contributed by atoms with E-state index in [0.29, 0.717) is 10.6 Å². The molecule has 1 aromatic rings. The molecule has 1 unspecified atom stereocenters. The molecule has 0 spiro atoms. The topological polar surface area (TPSA) is 53.4 Å². The zero-order valence-electron chi connectivity index (χ0n) is 8.07. The van der Waals surface area contributed by atoms with E-state index in [2.05, 4.69) is 4.98 Å². The molecule has 1 aliphatic heterocycles. The maximum atomic E-state index is 11.7. The minimum atomic E-state index is -1.27. The molecule has 4 nitrogen and oxygen atoms in total. The van der Waals surface area contributed by atoms with Gasteiger partial charge in [0.15, 0.2) is 16.7 Å². The van der Waals surface area contributed by atoms with Crippen LogP contribution in [-0.4, -0.2) is 21.3 Å². The van der Waals surface area contributed by atoms with Crippen LogP contribution in [0, 0.1) is 6.92 Å². The fourth-order valence-electron chi connectivity index (χ4n) is 1.31. The number of nitrogens with zero attached hydrogens (tertiary/aromatic N) is 2. The normalized spacial score (nSPS) is 21.4. The number of aryl methyl sites for hydroxylation is 1. The quantitative estimate of drug-likeness (QED) is 0.739. The van der Waals surface area contributed by atoms with Gasteiger partial charge in [0, 0.05) is 7.05 Å². The summed E-state index contributed by atoms with van der Waals surface area (Å²) in [5.74, 6) is 0.0563. The summed E-state index contributed by atoms with van der Waals surface area (Å²) in [5.41, 5.74) is 0.548. The lowest BCUT2D eigenvalue weighted by molar-refractivity contribution is 0.506. The van der Waals surface area contributed by atoms with Gasteiger partial charge < -0.3 is 5.11 Å². The smallest absolute Gasteiger partial charge is 0.157 e. The van der Waals surface area contributed by atoms with Gasteiger partial charge in [0.1, 0.15) is 10.7 Å². The van der Waals surface area contributed by atoms with E-state index in [9.17, 15) is 9.32 Å². The molecule has 0 aromatic carbocycles. The average Bonchev–Trinajstić information content (AvgIpc) is 2.54. The molecule has 0 bridgehead atoms. The molecule has 0 aliphatic carbocycles. The number of allylic oxidation sites excluding steroid dienone is 1. The summed E-state index contributed by atoms with van der Waals surface area (Å²) in [4.78, 5) is 4.67. The van der Waals surface area contributed by atoms with Crippen molar-refractivity contribution in [2.75, 3.05) is 11.4 Å². The molecule has 1 aliphatic rings. The zero-order chi connectivity index (χ0) is 10.5. The van der Waals surface area contributed by atoms with Crippen molar-refractivity contribution in [3.63, 3.8) is 0 Å². The highest BCUT2D eigenvalue weighted by Gasteiger charge is 2.29. The number of aromatic nitrogens is 1. The van der Waals surface area contributed by atoms with Crippen molar-refractivity contribution in [1.29, 1.82) is 0 Å². The van der Waals surface area contributed by atoms with E-state index < -0.39 is 11.0 Å². The Morgan fingerprint density at radius 2 is 2.14 bits per heavy atom. The van der Waals surface area contributed by atoms with Crippen molar-refractivity contribution >= 4 is 33.1 Å². The van der Waals surface area contributed by atoms with E-state index in [0.717, 1.165) is 10.0 Å². The van der Waals surface area contributed by atoms with Gasteiger partial charge in [-0.1, -0.05) is 0 Å². The molecule has 1 aromatic heterocycles. The Labute approximate surface area is 88.5 Å². The van der Waals surface area contributed by atoms with Gasteiger partial charge in [0.05, 0.1) is 9.91 Å². The molecule has 1 N–H and O–H groups in total. The second-order valence-electron chi connectivity index (χ2n) is 3.04. The van der Waals surface area contributed by atoms with E-state index in [1.54, 1.807) is 18.3 Å². The maximum absolute atomic E-state index is 11.7. The Morgan fingerprint density at radius 1 is 1.50 bits per heavy atom. The maximum Gasteiger partial charge on any atom is 0.157 e. The van der Waals surface area contributed by atoms with Crippen LogP contribution in [0.4, 0.5) is 5.00 Å². The molecule has 1 atom stereocenters. The Balaban J connectivity index is 2.70. The van der Waals surface area contributed by atoms with Crippen LogP contribution in [0.15, 0.2) is 4.91 Å². The third-order valence-electron chi connectivity index (χ3n) is 2.07. The fraction of sp³-hybridized carbons (Fsp3) is 0.375. The molecular formula is C8H10N2O2S2. The lowest BCUT2D eigenvalue weighted by atomic mass is 10.3. The van der Waals surface area contributed by atoms with Crippen LogP contribution in [0.25, 0.3) is 5.76 Å². The highest BCUT2D eigenvalue weighted by Crippen LogP contribution is 2.38. The van der Waals surface area contributed by atoms with Crippen LogP contribution < -0.4 is 4.31 Å². The van der Waals surface area contributed by atoms with Crippen LogP contribution in [0.1, 0.15) is 17.6 Å². The molecule has 0 amide bonds. The highest BCUT2D eigenvalue weighted by molar-refractivity contribution is 7.90. The Bertz CT molecular complexity index is 450. The summed E-state index contributed by atoms with van der Waals surface area (Å²) >= 11 is 1.44. The molecule has 14 heavy (non-hydrogen) atoms. The van der Waals surface area contributed by atoms with Crippen LogP contribution in [0.2, 0.25) is 0 Å². The molecular weight excluding hydrogens is 220 g/mol. The summed E-state index contributed by atoms with van der Waals surface area (Å²) in [6, 6.07) is 0. The lowest BCUT2D eigenvalue weighted by Crippen LogP contribution is -2.24. The molecule has 2 heterocycles. The van der Waals surface area contributed by atoms with Crippen LogP contribution >= 0.6 is 11.3 Å². The summed E-state index contributed by atoms with van der Waals surface area (Å²) in [5, 5.41) is 11.4. The number of rotatable bonds is 0. The third kappa shape index (κ3) is 1.18. The monoisotopic (exact) mass is 230 g/mol. The van der Waals surface area contributed by atoms with Crippen molar-refractivity contribution in [3.05, 3.63) is 15.6 Å². The van der Waals surface area contributed by atoms with Crippen molar-refractivity contribution in [1.82, 2.24) is 4.98 Å². The van der Waals surface area contributed by atoms with Gasteiger partial charge in [0.2, 0.25) is 0 Å². The van der Waals surface area contributed by atoms with E-state index in [-0.39, 0.29) is 5.76 Å². The lowest BCUT2D eigenvalue weighted by Gasteiger charge is -2.22. The first-order valence-electron chi connectivity index (χ1n) is 4.05. The SMILES string of the molecule is CC1=C(O)c2nc(C)sc2N(C)S1=O. The van der Waals surface area contributed by atoms with Crippen LogP contribution in [0.5, 0.6) is 0 Å². The van der Waals surface area contributed by atoms with Crippen molar-refractivity contribution in [3.8, 4) is 0 Å². The number of aliphatic hydroxyl groups excluding tert-OH is 1. The number of aliphatic hydroxyl groups is 1. The van der Waals surface area contributed by atoms with Gasteiger partial charge in [-0.05, 0) is 13.8 Å². The predicted molar refractivity (Wildman–Crippen MR) is 58.6 cm³/mol. The first kappa shape index (κ1) is 9.67. The van der Waals surface area contributed by atoms with Gasteiger partial charge in [-0.2, -0.15) is 0 Å². The van der Waals surface area contributed by atoms with Gasteiger partial charge in [-0.3, -0.25) is 4.31 Å². The van der Waals surface area contributed by atoms with E-state index in [4.69, 9.17) is 0 Å². The summed E-state index contributed by atoms with van der Waals surface area (Å²) in [6.45, 7) is 3.52. The number of thiazole rings is 1. The van der Waals surface area contributed by atoms with Gasteiger partial charge in [-0.25, -0.2) is 9.19 Å². The van der Waals surface area contributed by atoms with E-state index >= 15 is 0 Å². The summed E-state index contributed by atoms with van der Waals surface area (Å²) in [6.07, 6.45) is 0. The second kappa shape index (κ2) is 3.06. The Hall–Kier alpha value is -0.880. The van der Waals surface area contributed by atoms with Gasteiger partial charge in [-0.15, -0.1) is 11.3 Å². The molecule has 2 rings (SSSR count). The van der Waals surface area contributed by atoms with Crippen molar-refractivity contribution in [2.24, 2.45) is 0 Å². The zero-order valence-corrected chi connectivity index (χ0v) is 9.70. The van der Waals surface area contributed by atoms with Crippen molar-refractivity contribution < 1.29 is 9.32 Å². The van der Waals surface area contributed by atoms with Crippen molar-refractivity contribution in [2.45, 2.75) is 13.8 Å². The largest absolute Gasteiger partial charge is 0.505 e. The predicted octanol–water partition coefficient (Wildman–Crippen LogP) is 1.81. The minimum Gasteiger partial charge on any atom is -0.505 e. The number of fused-ring (bicyclic) bond motifs is 1. The second-order valence-corrected chi connectivity index (χ2v) is 5.88. The van der Waals surface area contributed by atoms with Gasteiger partial charge >= 0.3 is 0 Å². The molecule has 0 radical (unpaired) electrons. The number of hydrogen-bond donors (Lipinski definition) is 1. The highest BCUT2D eigenvalue weighted by atomic mass is 32.2. The fourth-order valence-corrected chi connectivity index (χ4v) is 3.32. The van der Waals surface area contributed by atoms with Gasteiger partial charge in [0.25, 0.3) is 0 Å². The van der Waals surface area contributed by atoms with E-state index in [1.807, 2.05) is 6.92 Å². The summed E-state index contributed by atoms with van der Waals surface area (Å²) < 4.78 is 13.3. The number of hydrogen-bond acceptors (Lipinski definition) is 4. The Morgan fingerprint density at radius 3 is 2.79 bits per heavy atom. The third-order valence-corrected chi connectivity index (χ3v) is 4.63. The molecule has 0 fully saturated rings. The summed E-state index contributed by atoms with van der Waals surface area (Å²) in [7, 11) is 0.464. The molecule has 76 valence electrons. The van der Waals surface area contributed by atoms with Crippen LogP contribution in [0.3, 0.4) is 0 Å². The average molecular weight is 230 g/mol. The van der Waals surface area contributed by atoms with E-state index in [1.165, 1.54) is 11.3 Å². The molecule has 0 saturated heterocycles.